The molecule has 0 saturated carbocycles. The first-order chi connectivity index (χ1) is 14.3. The van der Waals surface area contributed by atoms with Gasteiger partial charge in [-0.2, -0.15) is 0 Å². The number of ether oxygens (including phenoxy) is 1. The Bertz CT molecular complexity index is 1160. The predicted molar refractivity (Wildman–Crippen MR) is 107 cm³/mol. The zero-order valence-corrected chi connectivity index (χ0v) is 16.4. The number of para-hydroxylation sites is 1. The van der Waals surface area contributed by atoms with Gasteiger partial charge in [-0.1, -0.05) is 29.8 Å². The van der Waals surface area contributed by atoms with E-state index in [9.17, 15) is 23.9 Å². The first-order valence-electron chi connectivity index (χ1n) is 8.74. The van der Waals surface area contributed by atoms with Crippen molar-refractivity contribution >= 4 is 23.5 Å². The molecular formula is C20H17ClFN3O5. The Hall–Kier alpha value is -3.59. The average molecular weight is 434 g/mol. The maximum Gasteiger partial charge on any atom is 0.305 e. The molecule has 0 aliphatic carbocycles. The molecule has 0 radical (unpaired) electrons. The third-order valence-electron chi connectivity index (χ3n) is 4.32. The van der Waals surface area contributed by atoms with Crippen molar-refractivity contribution in [2.45, 2.75) is 12.5 Å². The molecule has 0 bridgehead atoms. The highest BCUT2D eigenvalue weighted by Crippen LogP contribution is 2.30. The van der Waals surface area contributed by atoms with Gasteiger partial charge in [0.2, 0.25) is 0 Å². The number of amides is 1. The molecule has 2 aromatic carbocycles. The number of halogens is 2. The van der Waals surface area contributed by atoms with Crippen molar-refractivity contribution in [1.82, 2.24) is 15.1 Å². The summed E-state index contributed by atoms with van der Waals surface area (Å²) in [7, 11) is 1.30. The topological polar surface area (TPSA) is 113 Å². The van der Waals surface area contributed by atoms with Crippen LogP contribution < -0.4 is 15.6 Å². The second-order valence-electron chi connectivity index (χ2n) is 6.27. The van der Waals surface area contributed by atoms with Crippen LogP contribution >= 0.6 is 11.6 Å². The number of H-pyrrole nitrogens is 1. The molecule has 8 nitrogen and oxygen atoms in total. The van der Waals surface area contributed by atoms with Crippen LogP contribution in [0.25, 0.3) is 5.69 Å². The summed E-state index contributed by atoms with van der Waals surface area (Å²) in [6.07, 6.45) is -0.599. The van der Waals surface area contributed by atoms with Gasteiger partial charge < -0.3 is 15.2 Å². The molecule has 1 aromatic heterocycles. The van der Waals surface area contributed by atoms with E-state index in [1.165, 1.54) is 19.2 Å². The number of carbonyl (C=O) groups excluding carboxylic acids is 1. The molecule has 0 aliphatic heterocycles. The van der Waals surface area contributed by atoms with Crippen LogP contribution in [-0.4, -0.2) is 33.9 Å². The maximum absolute atomic E-state index is 14.4. The fourth-order valence-electron chi connectivity index (χ4n) is 2.99. The van der Waals surface area contributed by atoms with Gasteiger partial charge >= 0.3 is 5.97 Å². The minimum atomic E-state index is -1.26. The van der Waals surface area contributed by atoms with E-state index in [0.29, 0.717) is 5.69 Å². The number of carbonyl (C=O) groups is 2. The molecule has 10 heteroatoms. The van der Waals surface area contributed by atoms with Crippen LogP contribution in [0.4, 0.5) is 4.39 Å². The number of benzene rings is 2. The fourth-order valence-corrected chi connectivity index (χ4v) is 3.21. The Kier molecular flexibility index (Phi) is 6.22. The third-order valence-corrected chi connectivity index (χ3v) is 4.64. The average Bonchev–Trinajstić information content (AvgIpc) is 3.09. The number of nitrogens with one attached hydrogen (secondary N) is 2. The molecule has 1 atom stereocenters. The highest BCUT2D eigenvalue weighted by atomic mass is 35.5. The first-order valence-corrected chi connectivity index (χ1v) is 9.11. The summed E-state index contributed by atoms with van der Waals surface area (Å²) in [5, 5.41) is 14.6. The van der Waals surface area contributed by atoms with Gasteiger partial charge in [0.1, 0.15) is 17.3 Å². The van der Waals surface area contributed by atoms with Crippen LogP contribution in [0.3, 0.4) is 0 Å². The fraction of sp³-hybridized carbons (Fsp3) is 0.150. The Morgan fingerprint density at radius 3 is 2.67 bits per heavy atom. The van der Waals surface area contributed by atoms with Crippen LogP contribution in [0.2, 0.25) is 5.02 Å². The molecule has 0 spiro atoms. The zero-order chi connectivity index (χ0) is 21.8. The summed E-state index contributed by atoms with van der Waals surface area (Å²) in [6, 6.07) is 10.3. The molecule has 1 heterocycles. The number of carboxylic acids is 1. The van der Waals surface area contributed by atoms with E-state index < -0.39 is 35.7 Å². The van der Waals surface area contributed by atoms with E-state index in [0.717, 1.165) is 16.8 Å². The highest BCUT2D eigenvalue weighted by molar-refractivity contribution is 6.32. The van der Waals surface area contributed by atoms with Crippen LogP contribution in [0.15, 0.2) is 53.3 Å². The van der Waals surface area contributed by atoms with Gasteiger partial charge in [-0.25, -0.2) is 9.07 Å². The van der Waals surface area contributed by atoms with Crippen LogP contribution in [-0.2, 0) is 4.79 Å². The first kappa shape index (κ1) is 21.1. The lowest BCUT2D eigenvalue weighted by atomic mass is 10.0. The number of hydrogen-bond donors (Lipinski definition) is 3. The van der Waals surface area contributed by atoms with Gasteiger partial charge in [-0.15, -0.1) is 0 Å². The van der Waals surface area contributed by atoms with E-state index in [1.807, 2.05) is 0 Å². The van der Waals surface area contributed by atoms with E-state index in [-0.39, 0.29) is 22.0 Å². The number of hydrogen-bond acceptors (Lipinski definition) is 4. The Morgan fingerprint density at radius 1 is 1.27 bits per heavy atom. The van der Waals surface area contributed by atoms with Crippen molar-refractivity contribution in [2.75, 3.05) is 7.11 Å². The monoisotopic (exact) mass is 433 g/mol. The van der Waals surface area contributed by atoms with Gasteiger partial charge in [-0.05, 0) is 24.3 Å². The second-order valence-corrected chi connectivity index (χ2v) is 6.68. The molecule has 3 rings (SSSR count). The Morgan fingerprint density at radius 2 is 2.00 bits per heavy atom. The molecule has 0 saturated heterocycles. The van der Waals surface area contributed by atoms with Crippen molar-refractivity contribution in [2.24, 2.45) is 0 Å². The number of aromatic nitrogens is 2. The van der Waals surface area contributed by atoms with Gasteiger partial charge in [0, 0.05) is 6.07 Å². The number of rotatable bonds is 7. The maximum atomic E-state index is 14.4. The standard InChI is InChI=1S/C20H17ClFN3O5/c1-30-16-8-4-6-12(22)19(16)13(10-18(27)28)23-20(29)14-9-17(26)25(24-14)15-7-3-2-5-11(15)21/h2-9,13,24H,10H2,1H3,(H,23,29)(H,27,28). The lowest BCUT2D eigenvalue weighted by molar-refractivity contribution is -0.137. The summed E-state index contributed by atoms with van der Waals surface area (Å²) < 4.78 is 20.6. The van der Waals surface area contributed by atoms with E-state index in [4.69, 9.17) is 16.3 Å². The molecule has 3 N–H and O–H groups in total. The van der Waals surface area contributed by atoms with Crippen molar-refractivity contribution < 1.29 is 23.8 Å². The van der Waals surface area contributed by atoms with Gasteiger partial charge in [0.05, 0.1) is 35.8 Å². The summed E-state index contributed by atoms with van der Waals surface area (Å²) in [5.74, 6) is -2.70. The third kappa shape index (κ3) is 4.36. The molecule has 0 aliphatic rings. The number of carboxylic acid groups (broad SMARTS) is 1. The second kappa shape index (κ2) is 8.83. The SMILES string of the molecule is COc1cccc(F)c1C(CC(=O)O)NC(=O)c1cc(=O)n(-c2ccccc2Cl)[nH]1. The molecule has 1 amide bonds. The van der Waals surface area contributed by atoms with Crippen LogP contribution in [0.5, 0.6) is 5.75 Å². The molecular weight excluding hydrogens is 417 g/mol. The van der Waals surface area contributed by atoms with Crippen molar-refractivity contribution in [3.63, 3.8) is 0 Å². The van der Waals surface area contributed by atoms with Crippen LogP contribution in [0.1, 0.15) is 28.5 Å². The number of aromatic amines is 1. The Balaban J connectivity index is 1.95. The van der Waals surface area contributed by atoms with E-state index >= 15 is 0 Å². The van der Waals surface area contributed by atoms with Crippen LogP contribution in [0, 0.1) is 5.82 Å². The quantitative estimate of drug-likeness (QED) is 0.530. The molecule has 156 valence electrons. The lowest BCUT2D eigenvalue weighted by Gasteiger charge is -2.20. The molecule has 30 heavy (non-hydrogen) atoms. The summed E-state index contributed by atoms with van der Waals surface area (Å²) in [6.45, 7) is 0. The minimum absolute atomic E-state index is 0.0867. The summed E-state index contributed by atoms with van der Waals surface area (Å²) in [5.41, 5.74) is -0.471. The number of methoxy groups -OCH3 is 1. The zero-order valence-electron chi connectivity index (χ0n) is 15.7. The minimum Gasteiger partial charge on any atom is -0.496 e. The van der Waals surface area contributed by atoms with Crippen molar-refractivity contribution in [3.05, 3.63) is 81.0 Å². The Labute approximate surface area is 174 Å². The van der Waals surface area contributed by atoms with E-state index in [2.05, 4.69) is 10.4 Å². The van der Waals surface area contributed by atoms with Crippen molar-refractivity contribution in [1.29, 1.82) is 0 Å². The van der Waals surface area contributed by atoms with Gasteiger partial charge in [-0.3, -0.25) is 19.5 Å². The molecule has 1 unspecified atom stereocenters. The highest BCUT2D eigenvalue weighted by Gasteiger charge is 2.26. The normalized spacial score (nSPS) is 11.7. The predicted octanol–water partition coefficient (Wildman–Crippen LogP) is 2.91. The largest absolute Gasteiger partial charge is 0.496 e. The summed E-state index contributed by atoms with van der Waals surface area (Å²) in [4.78, 5) is 36.3. The number of aliphatic carboxylic acids is 1. The number of nitrogens with zero attached hydrogens (tertiary/aromatic N) is 1. The molecule has 0 fully saturated rings. The van der Waals surface area contributed by atoms with Crippen molar-refractivity contribution in [3.8, 4) is 11.4 Å². The molecule has 3 aromatic rings. The van der Waals surface area contributed by atoms with E-state index in [1.54, 1.807) is 24.3 Å². The smallest absolute Gasteiger partial charge is 0.305 e. The van der Waals surface area contributed by atoms with Gasteiger partial charge in [0.25, 0.3) is 11.5 Å². The lowest BCUT2D eigenvalue weighted by Crippen LogP contribution is -2.31. The summed E-state index contributed by atoms with van der Waals surface area (Å²) >= 11 is 6.09. The van der Waals surface area contributed by atoms with Gasteiger partial charge in [0.15, 0.2) is 0 Å².